The standard InChI is InChI=1S/C17H17N7O2/c1-23-15-3-7-24(17(25)13-2-4-19-11-21-13)9-12(15)14(22-23)10-26-16-8-18-5-6-20-16/h2,4-6,8,11H,3,7,9-10H2,1H3. The maximum atomic E-state index is 12.7. The van der Waals surface area contributed by atoms with E-state index < -0.39 is 0 Å². The van der Waals surface area contributed by atoms with Crippen molar-refractivity contribution in [3.8, 4) is 5.88 Å². The molecule has 0 atom stereocenters. The summed E-state index contributed by atoms with van der Waals surface area (Å²) in [5.74, 6) is 0.333. The lowest BCUT2D eigenvalue weighted by Gasteiger charge is -2.27. The van der Waals surface area contributed by atoms with Gasteiger partial charge in [0, 0.05) is 56.4 Å². The normalized spacial score (nSPS) is 13.3. The Hall–Kier alpha value is -3.36. The molecule has 3 aromatic rings. The largest absolute Gasteiger partial charge is 0.470 e. The molecule has 4 heterocycles. The molecule has 0 spiro atoms. The third kappa shape index (κ3) is 3.10. The van der Waals surface area contributed by atoms with Crippen molar-refractivity contribution in [3.05, 3.63) is 59.8 Å². The number of ether oxygens (including phenoxy) is 1. The molecule has 1 aliphatic rings. The molecule has 4 rings (SSSR count). The van der Waals surface area contributed by atoms with Gasteiger partial charge >= 0.3 is 0 Å². The van der Waals surface area contributed by atoms with Crippen LogP contribution < -0.4 is 4.74 Å². The highest BCUT2D eigenvalue weighted by Crippen LogP contribution is 2.24. The molecular weight excluding hydrogens is 334 g/mol. The second-order valence-corrected chi connectivity index (χ2v) is 5.90. The van der Waals surface area contributed by atoms with E-state index in [4.69, 9.17) is 4.74 Å². The minimum atomic E-state index is -0.109. The second-order valence-electron chi connectivity index (χ2n) is 5.90. The van der Waals surface area contributed by atoms with Gasteiger partial charge in [-0.3, -0.25) is 14.5 Å². The molecule has 0 radical (unpaired) electrons. The Morgan fingerprint density at radius 3 is 2.92 bits per heavy atom. The van der Waals surface area contributed by atoms with Gasteiger partial charge in [-0.1, -0.05) is 0 Å². The zero-order valence-corrected chi connectivity index (χ0v) is 14.2. The molecule has 0 aliphatic carbocycles. The van der Waals surface area contributed by atoms with E-state index in [0.717, 1.165) is 23.4 Å². The summed E-state index contributed by atoms with van der Waals surface area (Å²) in [7, 11) is 1.91. The molecule has 132 valence electrons. The van der Waals surface area contributed by atoms with Gasteiger partial charge in [0.1, 0.15) is 24.3 Å². The van der Waals surface area contributed by atoms with Crippen LogP contribution in [0.15, 0.2) is 37.2 Å². The van der Waals surface area contributed by atoms with Gasteiger partial charge in [-0.05, 0) is 6.07 Å². The van der Waals surface area contributed by atoms with Crippen molar-refractivity contribution in [1.82, 2.24) is 34.6 Å². The predicted molar refractivity (Wildman–Crippen MR) is 90.0 cm³/mol. The van der Waals surface area contributed by atoms with Crippen LogP contribution >= 0.6 is 0 Å². The highest BCUT2D eigenvalue weighted by molar-refractivity contribution is 5.92. The molecule has 0 fully saturated rings. The smallest absolute Gasteiger partial charge is 0.272 e. The number of carbonyl (C=O) groups is 1. The number of aromatic nitrogens is 6. The second kappa shape index (κ2) is 6.87. The van der Waals surface area contributed by atoms with Crippen LogP contribution in [0.5, 0.6) is 5.88 Å². The summed E-state index contributed by atoms with van der Waals surface area (Å²) in [5, 5.41) is 4.55. The van der Waals surface area contributed by atoms with Gasteiger partial charge in [-0.15, -0.1) is 0 Å². The van der Waals surface area contributed by atoms with Gasteiger partial charge in [0.15, 0.2) is 0 Å². The Kier molecular flexibility index (Phi) is 4.26. The number of amides is 1. The monoisotopic (exact) mass is 351 g/mol. The van der Waals surface area contributed by atoms with E-state index in [0.29, 0.717) is 24.7 Å². The molecule has 0 N–H and O–H groups in total. The summed E-state index contributed by atoms with van der Waals surface area (Å²) >= 11 is 0. The number of carbonyl (C=O) groups excluding carboxylic acids is 1. The van der Waals surface area contributed by atoms with E-state index in [-0.39, 0.29) is 12.5 Å². The summed E-state index contributed by atoms with van der Waals surface area (Å²) in [5.41, 5.74) is 3.33. The van der Waals surface area contributed by atoms with Gasteiger partial charge in [0.05, 0.1) is 6.20 Å². The Bertz CT molecular complexity index is 912. The fraction of sp³-hybridized carbons (Fsp3) is 0.294. The lowest BCUT2D eigenvalue weighted by atomic mass is 10.0. The van der Waals surface area contributed by atoms with Crippen molar-refractivity contribution in [2.24, 2.45) is 7.05 Å². The van der Waals surface area contributed by atoms with Crippen LogP contribution in [-0.4, -0.2) is 47.1 Å². The van der Waals surface area contributed by atoms with Crippen LogP contribution in [0.2, 0.25) is 0 Å². The Morgan fingerprint density at radius 2 is 2.15 bits per heavy atom. The lowest BCUT2D eigenvalue weighted by Crippen LogP contribution is -2.37. The van der Waals surface area contributed by atoms with E-state index in [2.05, 4.69) is 25.0 Å². The summed E-state index contributed by atoms with van der Waals surface area (Å²) in [6, 6.07) is 1.62. The van der Waals surface area contributed by atoms with E-state index in [1.54, 1.807) is 35.8 Å². The molecule has 1 amide bonds. The zero-order valence-electron chi connectivity index (χ0n) is 14.2. The molecule has 0 unspecified atom stereocenters. The van der Waals surface area contributed by atoms with Gasteiger partial charge in [-0.25, -0.2) is 15.0 Å². The quantitative estimate of drug-likeness (QED) is 0.685. The first-order chi connectivity index (χ1) is 12.7. The Morgan fingerprint density at radius 1 is 1.23 bits per heavy atom. The fourth-order valence-electron chi connectivity index (χ4n) is 3.04. The average molecular weight is 351 g/mol. The Balaban J connectivity index is 1.53. The van der Waals surface area contributed by atoms with Gasteiger partial charge < -0.3 is 9.64 Å². The molecule has 3 aromatic heterocycles. The molecule has 1 aliphatic heterocycles. The number of rotatable bonds is 4. The summed E-state index contributed by atoms with van der Waals surface area (Å²) in [6.07, 6.45) is 8.41. The topological polar surface area (TPSA) is 98.9 Å². The highest BCUT2D eigenvalue weighted by Gasteiger charge is 2.27. The molecular formula is C17H17N7O2. The minimum absolute atomic E-state index is 0.109. The van der Waals surface area contributed by atoms with E-state index in [1.165, 1.54) is 6.33 Å². The SMILES string of the molecule is Cn1nc(COc2cnccn2)c2c1CCN(C(=O)c1ccncn1)C2. The number of hydrogen-bond donors (Lipinski definition) is 0. The van der Waals surface area contributed by atoms with Gasteiger partial charge in [0.25, 0.3) is 5.91 Å². The number of fused-ring (bicyclic) bond motifs is 1. The van der Waals surface area contributed by atoms with E-state index in [9.17, 15) is 4.79 Å². The first-order valence-electron chi connectivity index (χ1n) is 8.20. The van der Waals surface area contributed by atoms with Crippen molar-refractivity contribution in [2.45, 2.75) is 19.6 Å². The Labute approximate surface area is 149 Å². The van der Waals surface area contributed by atoms with E-state index >= 15 is 0 Å². The van der Waals surface area contributed by atoms with Crippen LogP contribution in [0, 0.1) is 0 Å². The molecule has 0 saturated carbocycles. The maximum Gasteiger partial charge on any atom is 0.272 e. The summed E-state index contributed by atoms with van der Waals surface area (Å²) in [4.78, 5) is 30.4. The van der Waals surface area contributed by atoms with E-state index in [1.807, 2.05) is 11.7 Å². The molecule has 0 bridgehead atoms. The third-order valence-electron chi connectivity index (χ3n) is 4.31. The molecule has 9 nitrogen and oxygen atoms in total. The number of aryl methyl sites for hydroxylation is 1. The zero-order chi connectivity index (χ0) is 17.9. The molecule has 0 aromatic carbocycles. The summed E-state index contributed by atoms with van der Waals surface area (Å²) in [6.45, 7) is 1.38. The number of hydrogen-bond acceptors (Lipinski definition) is 7. The average Bonchev–Trinajstić information content (AvgIpc) is 3.02. The van der Waals surface area contributed by atoms with Gasteiger partial charge in [-0.2, -0.15) is 5.10 Å². The number of nitrogens with zero attached hydrogens (tertiary/aromatic N) is 7. The van der Waals surface area contributed by atoms with Crippen molar-refractivity contribution >= 4 is 5.91 Å². The van der Waals surface area contributed by atoms with Crippen molar-refractivity contribution in [2.75, 3.05) is 6.54 Å². The first kappa shape index (κ1) is 16.1. The third-order valence-corrected chi connectivity index (χ3v) is 4.31. The van der Waals surface area contributed by atoms with Crippen molar-refractivity contribution in [3.63, 3.8) is 0 Å². The molecule has 26 heavy (non-hydrogen) atoms. The minimum Gasteiger partial charge on any atom is -0.470 e. The van der Waals surface area contributed by atoms with Crippen LogP contribution in [0.3, 0.4) is 0 Å². The summed E-state index contributed by atoms with van der Waals surface area (Å²) < 4.78 is 7.54. The van der Waals surface area contributed by atoms with Crippen LogP contribution in [0.25, 0.3) is 0 Å². The van der Waals surface area contributed by atoms with Crippen molar-refractivity contribution in [1.29, 1.82) is 0 Å². The van der Waals surface area contributed by atoms with Crippen LogP contribution in [0.1, 0.15) is 27.4 Å². The van der Waals surface area contributed by atoms with Crippen molar-refractivity contribution < 1.29 is 9.53 Å². The lowest BCUT2D eigenvalue weighted by molar-refractivity contribution is 0.0726. The predicted octanol–water partition coefficient (Wildman–Crippen LogP) is 0.778. The molecule has 0 saturated heterocycles. The van der Waals surface area contributed by atoms with Crippen LogP contribution in [0.4, 0.5) is 0 Å². The van der Waals surface area contributed by atoms with Crippen LogP contribution in [-0.2, 0) is 26.6 Å². The highest BCUT2D eigenvalue weighted by atomic mass is 16.5. The first-order valence-corrected chi connectivity index (χ1v) is 8.20. The molecule has 9 heteroatoms. The maximum absolute atomic E-state index is 12.7. The van der Waals surface area contributed by atoms with Gasteiger partial charge in [0.2, 0.25) is 5.88 Å². The fourth-order valence-corrected chi connectivity index (χ4v) is 3.04.